The van der Waals surface area contributed by atoms with Crippen LogP contribution in [-0.4, -0.2) is 24.4 Å². The van der Waals surface area contributed by atoms with Crippen LogP contribution < -0.4 is 0 Å². The molecule has 0 heterocycles. The van der Waals surface area contributed by atoms with Crippen molar-refractivity contribution >= 4 is 5.91 Å². The normalized spacial score (nSPS) is 8.67. The molecule has 0 fully saturated rings. The number of likely N-dealkylation sites (N-methyl/N-ethyl adjacent to an activating group) is 1. The molecule has 2 heteroatoms. The highest BCUT2D eigenvalue weighted by atomic mass is 16.2. The summed E-state index contributed by atoms with van der Waals surface area (Å²) >= 11 is 0. The second-order valence-corrected chi connectivity index (χ2v) is 2.06. The summed E-state index contributed by atoms with van der Waals surface area (Å²) in [5, 5.41) is 0. The van der Waals surface area contributed by atoms with E-state index in [0.29, 0.717) is 6.54 Å². The van der Waals surface area contributed by atoms with Crippen LogP contribution in [0.4, 0.5) is 0 Å². The first-order chi connectivity index (χ1) is 5.68. The molecule has 0 N–H and O–H groups in total. The average molecular weight is 169 g/mol. The van der Waals surface area contributed by atoms with Crippen LogP contribution in [0, 0.1) is 0 Å². The summed E-state index contributed by atoms with van der Waals surface area (Å²) in [6, 6.07) is 0. The third-order valence-electron chi connectivity index (χ3n) is 1.19. The van der Waals surface area contributed by atoms with Crippen molar-refractivity contribution < 1.29 is 4.79 Å². The molecule has 0 aliphatic heterocycles. The monoisotopic (exact) mass is 169 g/mol. The van der Waals surface area contributed by atoms with Gasteiger partial charge >= 0.3 is 0 Å². The number of carbonyl (C=O) groups excluding carboxylic acids is 1. The zero-order valence-corrected chi connectivity index (χ0v) is 8.50. The lowest BCUT2D eigenvalue weighted by atomic mass is 10.4. The van der Waals surface area contributed by atoms with Gasteiger partial charge in [0.2, 0.25) is 5.91 Å². The van der Waals surface area contributed by atoms with Gasteiger partial charge in [-0.3, -0.25) is 4.79 Å². The Morgan fingerprint density at radius 1 is 1.50 bits per heavy atom. The Hall–Kier alpha value is -1.05. The molecule has 0 aromatic rings. The molecule has 0 atom stereocenters. The Bertz CT molecular complexity index is 150. The largest absolute Gasteiger partial charge is 0.342 e. The van der Waals surface area contributed by atoms with Gasteiger partial charge in [-0.1, -0.05) is 38.7 Å². The van der Waals surface area contributed by atoms with E-state index >= 15 is 0 Å². The summed E-state index contributed by atoms with van der Waals surface area (Å²) in [6.45, 7) is 9.71. The van der Waals surface area contributed by atoms with E-state index in [1.54, 1.807) is 24.9 Å². The molecule has 0 saturated carbocycles. The quantitative estimate of drug-likeness (QED) is 0.593. The Kier molecular flexibility index (Phi) is 11.2. The molecule has 0 aromatic carbocycles. The topological polar surface area (TPSA) is 20.3 Å². The van der Waals surface area contributed by atoms with E-state index in [1.165, 1.54) is 0 Å². The first-order valence-electron chi connectivity index (χ1n) is 4.17. The molecule has 0 unspecified atom stereocenters. The van der Waals surface area contributed by atoms with Gasteiger partial charge in [-0.2, -0.15) is 0 Å². The van der Waals surface area contributed by atoms with Gasteiger partial charge in [0.15, 0.2) is 0 Å². The van der Waals surface area contributed by atoms with Crippen molar-refractivity contribution in [2.24, 2.45) is 0 Å². The molecular formula is C10H19NO. The van der Waals surface area contributed by atoms with Crippen LogP contribution in [-0.2, 0) is 4.79 Å². The maximum Gasteiger partial charge on any atom is 0.219 e. The summed E-state index contributed by atoms with van der Waals surface area (Å²) in [6.07, 6.45) is 5.39. The molecule has 0 radical (unpaired) electrons. The molecule has 0 spiro atoms. The molecule has 0 rings (SSSR count). The molecule has 70 valence electrons. The lowest BCUT2D eigenvalue weighted by Crippen LogP contribution is -2.23. The molecule has 0 aliphatic carbocycles. The SMILES string of the molecule is C=C/C=C\CN(C)C(C)=O.CC. The zero-order chi connectivity index (χ0) is 9.98. The molecular weight excluding hydrogens is 150 g/mol. The van der Waals surface area contributed by atoms with Crippen LogP contribution in [0.2, 0.25) is 0 Å². The molecule has 12 heavy (non-hydrogen) atoms. The third-order valence-corrected chi connectivity index (χ3v) is 1.19. The van der Waals surface area contributed by atoms with E-state index in [-0.39, 0.29) is 5.91 Å². The number of carbonyl (C=O) groups is 1. The highest BCUT2D eigenvalue weighted by Gasteiger charge is 1.95. The van der Waals surface area contributed by atoms with E-state index in [0.717, 1.165) is 0 Å². The van der Waals surface area contributed by atoms with E-state index in [4.69, 9.17) is 0 Å². The Morgan fingerprint density at radius 2 is 2.00 bits per heavy atom. The van der Waals surface area contributed by atoms with E-state index in [2.05, 4.69) is 6.58 Å². The molecule has 0 saturated heterocycles. The van der Waals surface area contributed by atoms with Crippen LogP contribution in [0.15, 0.2) is 24.8 Å². The van der Waals surface area contributed by atoms with Crippen molar-refractivity contribution in [2.45, 2.75) is 20.8 Å². The predicted molar refractivity (Wildman–Crippen MR) is 54.0 cm³/mol. The third kappa shape index (κ3) is 8.95. The molecule has 1 amide bonds. The van der Waals surface area contributed by atoms with Crippen molar-refractivity contribution in [3.05, 3.63) is 24.8 Å². The van der Waals surface area contributed by atoms with Gasteiger partial charge in [0.25, 0.3) is 0 Å². The fourth-order valence-corrected chi connectivity index (χ4v) is 0.444. The van der Waals surface area contributed by atoms with Gasteiger partial charge in [-0.05, 0) is 0 Å². The van der Waals surface area contributed by atoms with Crippen LogP contribution >= 0.6 is 0 Å². The van der Waals surface area contributed by atoms with Crippen LogP contribution in [0.3, 0.4) is 0 Å². The molecule has 0 aliphatic rings. The van der Waals surface area contributed by atoms with E-state index < -0.39 is 0 Å². The summed E-state index contributed by atoms with van der Waals surface area (Å²) in [7, 11) is 1.76. The summed E-state index contributed by atoms with van der Waals surface area (Å²) < 4.78 is 0. The van der Waals surface area contributed by atoms with Crippen molar-refractivity contribution in [3.8, 4) is 0 Å². The maximum atomic E-state index is 10.6. The van der Waals surface area contributed by atoms with Gasteiger partial charge in [0, 0.05) is 20.5 Å². The standard InChI is InChI=1S/C8H13NO.C2H6/c1-4-5-6-7-9(3)8(2)10;1-2/h4-6H,1,7H2,2-3H3;1-2H3/b6-5-;. The van der Waals surface area contributed by atoms with E-state index in [9.17, 15) is 4.79 Å². The van der Waals surface area contributed by atoms with Crippen molar-refractivity contribution in [3.63, 3.8) is 0 Å². The number of amides is 1. The van der Waals surface area contributed by atoms with Crippen molar-refractivity contribution in [2.75, 3.05) is 13.6 Å². The van der Waals surface area contributed by atoms with Gasteiger partial charge in [0.1, 0.15) is 0 Å². The van der Waals surface area contributed by atoms with Gasteiger partial charge in [0.05, 0.1) is 0 Å². The second kappa shape index (κ2) is 9.95. The number of rotatable bonds is 3. The average Bonchev–Trinajstić information content (AvgIpc) is 2.08. The van der Waals surface area contributed by atoms with E-state index in [1.807, 2.05) is 26.0 Å². The van der Waals surface area contributed by atoms with Gasteiger partial charge in [-0.15, -0.1) is 0 Å². The second-order valence-electron chi connectivity index (χ2n) is 2.06. The minimum atomic E-state index is 0.0775. The Balaban J connectivity index is 0. The number of nitrogens with zero attached hydrogens (tertiary/aromatic N) is 1. The molecule has 0 bridgehead atoms. The van der Waals surface area contributed by atoms with Crippen LogP contribution in [0.5, 0.6) is 0 Å². The van der Waals surface area contributed by atoms with Gasteiger partial charge in [-0.25, -0.2) is 0 Å². The van der Waals surface area contributed by atoms with Crippen LogP contribution in [0.1, 0.15) is 20.8 Å². The summed E-state index contributed by atoms with van der Waals surface area (Å²) in [4.78, 5) is 12.2. The van der Waals surface area contributed by atoms with Crippen molar-refractivity contribution in [1.29, 1.82) is 0 Å². The Labute approximate surface area is 75.6 Å². The zero-order valence-electron chi connectivity index (χ0n) is 8.50. The lowest BCUT2D eigenvalue weighted by Gasteiger charge is -2.10. The Morgan fingerprint density at radius 3 is 2.33 bits per heavy atom. The number of hydrogen-bond donors (Lipinski definition) is 0. The highest BCUT2D eigenvalue weighted by molar-refractivity contribution is 5.72. The first-order valence-corrected chi connectivity index (χ1v) is 4.17. The minimum absolute atomic E-state index is 0.0775. The van der Waals surface area contributed by atoms with Crippen molar-refractivity contribution in [1.82, 2.24) is 4.90 Å². The fourth-order valence-electron chi connectivity index (χ4n) is 0.444. The lowest BCUT2D eigenvalue weighted by molar-refractivity contribution is -0.127. The highest BCUT2D eigenvalue weighted by Crippen LogP contribution is 1.83. The molecule has 0 aromatic heterocycles. The fraction of sp³-hybridized carbons (Fsp3) is 0.500. The first kappa shape index (κ1) is 13.5. The maximum absolute atomic E-state index is 10.6. The summed E-state index contributed by atoms with van der Waals surface area (Å²) in [5.41, 5.74) is 0. The summed E-state index contributed by atoms with van der Waals surface area (Å²) in [5.74, 6) is 0.0775. The van der Waals surface area contributed by atoms with Gasteiger partial charge < -0.3 is 4.90 Å². The predicted octanol–water partition coefficient (Wildman–Crippen LogP) is 2.23. The minimum Gasteiger partial charge on any atom is -0.342 e. The number of hydrogen-bond acceptors (Lipinski definition) is 1. The molecule has 2 nitrogen and oxygen atoms in total. The number of allylic oxidation sites excluding steroid dienone is 2. The smallest absolute Gasteiger partial charge is 0.219 e. The van der Waals surface area contributed by atoms with Crippen LogP contribution in [0.25, 0.3) is 0 Å².